The summed E-state index contributed by atoms with van der Waals surface area (Å²) in [4.78, 5) is 4.31. The van der Waals surface area contributed by atoms with Crippen LogP contribution in [0.25, 0.3) is 0 Å². The Bertz CT molecular complexity index is 374. The minimum absolute atomic E-state index is 0.320. The minimum atomic E-state index is 0.320. The van der Waals surface area contributed by atoms with Gasteiger partial charge in [-0.2, -0.15) is 0 Å². The van der Waals surface area contributed by atoms with Crippen molar-refractivity contribution in [3.63, 3.8) is 0 Å². The first-order valence-electron chi connectivity index (χ1n) is 5.99. The van der Waals surface area contributed by atoms with E-state index in [9.17, 15) is 0 Å². The van der Waals surface area contributed by atoms with E-state index in [0.717, 1.165) is 5.69 Å². The molecule has 0 bridgehead atoms. The summed E-state index contributed by atoms with van der Waals surface area (Å²) in [6, 6.07) is 2.10. The fourth-order valence-electron chi connectivity index (χ4n) is 1.57. The standard InChI is InChI=1S/C13H21ClN2O2/c1-9(7-14)10(2)16-8-11-13(18-4)12(17-3)5-6-15-11/h5-6,9-10,16H,7-8H2,1-4H3. The fourth-order valence-corrected chi connectivity index (χ4v) is 1.84. The lowest BCUT2D eigenvalue weighted by atomic mass is 10.1. The fraction of sp³-hybridized carbons (Fsp3) is 0.615. The number of nitrogens with zero attached hydrogens (tertiary/aromatic N) is 1. The van der Waals surface area contributed by atoms with Crippen molar-refractivity contribution in [2.45, 2.75) is 26.4 Å². The molecule has 0 aliphatic rings. The number of nitrogens with one attached hydrogen (secondary N) is 1. The third-order valence-electron chi connectivity index (χ3n) is 3.05. The number of alkyl halides is 1. The van der Waals surface area contributed by atoms with Crippen LogP contribution in [-0.4, -0.2) is 31.1 Å². The molecule has 1 aromatic heterocycles. The molecule has 1 heterocycles. The number of rotatable bonds is 7. The molecular weight excluding hydrogens is 252 g/mol. The Labute approximate surface area is 114 Å². The van der Waals surface area contributed by atoms with E-state index >= 15 is 0 Å². The molecule has 0 saturated heterocycles. The van der Waals surface area contributed by atoms with Crippen molar-refractivity contribution in [2.75, 3.05) is 20.1 Å². The van der Waals surface area contributed by atoms with E-state index in [0.29, 0.717) is 35.9 Å². The van der Waals surface area contributed by atoms with E-state index in [1.165, 1.54) is 0 Å². The number of hydrogen-bond acceptors (Lipinski definition) is 4. The van der Waals surface area contributed by atoms with Gasteiger partial charge in [0, 0.05) is 30.7 Å². The van der Waals surface area contributed by atoms with E-state index in [2.05, 4.69) is 24.1 Å². The van der Waals surface area contributed by atoms with Gasteiger partial charge in [-0.15, -0.1) is 11.6 Å². The van der Waals surface area contributed by atoms with Gasteiger partial charge in [-0.25, -0.2) is 0 Å². The average Bonchev–Trinajstić information content (AvgIpc) is 2.42. The highest BCUT2D eigenvalue weighted by atomic mass is 35.5. The average molecular weight is 273 g/mol. The smallest absolute Gasteiger partial charge is 0.183 e. The van der Waals surface area contributed by atoms with Gasteiger partial charge >= 0.3 is 0 Å². The van der Waals surface area contributed by atoms with Crippen molar-refractivity contribution in [3.8, 4) is 11.5 Å². The first kappa shape index (κ1) is 15.1. The summed E-state index contributed by atoms with van der Waals surface area (Å²) in [5.41, 5.74) is 0.838. The molecule has 5 heteroatoms. The van der Waals surface area contributed by atoms with Gasteiger partial charge < -0.3 is 14.8 Å². The zero-order valence-electron chi connectivity index (χ0n) is 11.4. The van der Waals surface area contributed by atoms with Gasteiger partial charge in [-0.3, -0.25) is 4.98 Å². The van der Waals surface area contributed by atoms with Gasteiger partial charge in [-0.1, -0.05) is 6.92 Å². The molecule has 0 aliphatic carbocycles. The van der Waals surface area contributed by atoms with Crippen LogP contribution in [0.3, 0.4) is 0 Å². The lowest BCUT2D eigenvalue weighted by Gasteiger charge is -2.20. The normalized spacial score (nSPS) is 14.1. The van der Waals surface area contributed by atoms with Crippen LogP contribution < -0.4 is 14.8 Å². The summed E-state index contributed by atoms with van der Waals surface area (Å²) in [5.74, 6) is 2.42. The van der Waals surface area contributed by atoms with Crippen LogP contribution in [0.4, 0.5) is 0 Å². The van der Waals surface area contributed by atoms with E-state index in [1.807, 2.05) is 0 Å². The molecule has 4 nitrogen and oxygen atoms in total. The van der Waals surface area contributed by atoms with Gasteiger partial charge in [0.1, 0.15) is 0 Å². The monoisotopic (exact) mass is 272 g/mol. The molecule has 0 aliphatic heterocycles. The zero-order chi connectivity index (χ0) is 13.5. The molecule has 1 aromatic rings. The third-order valence-corrected chi connectivity index (χ3v) is 3.54. The summed E-state index contributed by atoms with van der Waals surface area (Å²) in [7, 11) is 3.24. The molecule has 18 heavy (non-hydrogen) atoms. The Morgan fingerprint density at radius 1 is 1.33 bits per heavy atom. The lowest BCUT2D eigenvalue weighted by molar-refractivity contribution is 0.345. The topological polar surface area (TPSA) is 43.4 Å². The van der Waals surface area contributed by atoms with Crippen LogP contribution in [0.2, 0.25) is 0 Å². The molecule has 102 valence electrons. The highest BCUT2D eigenvalue weighted by molar-refractivity contribution is 6.18. The van der Waals surface area contributed by atoms with Gasteiger partial charge in [-0.05, 0) is 12.8 Å². The highest BCUT2D eigenvalue weighted by Gasteiger charge is 2.14. The van der Waals surface area contributed by atoms with Gasteiger partial charge in [0.05, 0.1) is 19.9 Å². The largest absolute Gasteiger partial charge is 0.493 e. The van der Waals surface area contributed by atoms with Crippen molar-refractivity contribution in [1.29, 1.82) is 0 Å². The second-order valence-electron chi connectivity index (χ2n) is 4.29. The number of pyridine rings is 1. The first-order chi connectivity index (χ1) is 8.63. The molecule has 2 unspecified atom stereocenters. The zero-order valence-corrected chi connectivity index (χ0v) is 12.1. The molecular formula is C13H21ClN2O2. The third kappa shape index (κ3) is 3.75. The second kappa shape index (κ2) is 7.44. The Morgan fingerprint density at radius 2 is 2.06 bits per heavy atom. The molecule has 0 spiro atoms. The number of halogens is 1. The summed E-state index contributed by atoms with van der Waals surface area (Å²) in [5, 5.41) is 3.39. The summed E-state index contributed by atoms with van der Waals surface area (Å²) in [6.07, 6.45) is 1.72. The SMILES string of the molecule is COc1ccnc(CNC(C)C(C)CCl)c1OC. The lowest BCUT2D eigenvalue weighted by Crippen LogP contribution is -2.32. The quantitative estimate of drug-likeness (QED) is 0.775. The van der Waals surface area contributed by atoms with E-state index in [-0.39, 0.29) is 0 Å². The van der Waals surface area contributed by atoms with Crippen molar-refractivity contribution < 1.29 is 9.47 Å². The molecule has 1 N–H and O–H groups in total. The van der Waals surface area contributed by atoms with Crippen LogP contribution in [0.5, 0.6) is 11.5 Å². The molecule has 0 radical (unpaired) electrons. The summed E-state index contributed by atoms with van der Waals surface area (Å²) >= 11 is 5.83. The molecule has 2 atom stereocenters. The highest BCUT2D eigenvalue weighted by Crippen LogP contribution is 2.28. The van der Waals surface area contributed by atoms with Crippen LogP contribution in [-0.2, 0) is 6.54 Å². The number of aromatic nitrogens is 1. The number of methoxy groups -OCH3 is 2. The van der Waals surface area contributed by atoms with Crippen molar-refractivity contribution in [1.82, 2.24) is 10.3 Å². The molecule has 0 aromatic carbocycles. The maximum atomic E-state index is 5.83. The Kier molecular flexibility index (Phi) is 6.22. The Morgan fingerprint density at radius 3 is 2.61 bits per heavy atom. The van der Waals surface area contributed by atoms with Crippen LogP contribution in [0.15, 0.2) is 12.3 Å². The minimum Gasteiger partial charge on any atom is -0.493 e. The predicted octanol–water partition coefficient (Wildman–Crippen LogP) is 2.45. The van der Waals surface area contributed by atoms with Crippen molar-refractivity contribution in [3.05, 3.63) is 18.0 Å². The van der Waals surface area contributed by atoms with Gasteiger partial charge in [0.2, 0.25) is 0 Å². The second-order valence-corrected chi connectivity index (χ2v) is 4.60. The van der Waals surface area contributed by atoms with Gasteiger partial charge in [0.15, 0.2) is 11.5 Å². The van der Waals surface area contributed by atoms with Crippen molar-refractivity contribution in [2.24, 2.45) is 5.92 Å². The first-order valence-corrected chi connectivity index (χ1v) is 6.52. The van der Waals surface area contributed by atoms with Crippen LogP contribution in [0, 0.1) is 5.92 Å². The maximum absolute atomic E-state index is 5.83. The van der Waals surface area contributed by atoms with Crippen LogP contribution >= 0.6 is 11.6 Å². The molecule has 1 rings (SSSR count). The Hall–Kier alpha value is -1.00. The van der Waals surface area contributed by atoms with E-state index in [4.69, 9.17) is 21.1 Å². The van der Waals surface area contributed by atoms with E-state index < -0.39 is 0 Å². The molecule has 0 saturated carbocycles. The van der Waals surface area contributed by atoms with Crippen LogP contribution in [0.1, 0.15) is 19.5 Å². The molecule has 0 amide bonds. The number of hydrogen-bond donors (Lipinski definition) is 1. The van der Waals surface area contributed by atoms with Crippen molar-refractivity contribution >= 4 is 11.6 Å². The number of ether oxygens (including phenoxy) is 2. The Balaban J connectivity index is 2.72. The van der Waals surface area contributed by atoms with E-state index in [1.54, 1.807) is 26.5 Å². The summed E-state index contributed by atoms with van der Waals surface area (Å²) in [6.45, 7) is 4.85. The summed E-state index contributed by atoms with van der Waals surface area (Å²) < 4.78 is 10.6. The van der Waals surface area contributed by atoms with Gasteiger partial charge in [0.25, 0.3) is 0 Å². The predicted molar refractivity (Wildman–Crippen MR) is 73.5 cm³/mol. The molecule has 0 fully saturated rings. The maximum Gasteiger partial charge on any atom is 0.183 e.